The molecule has 1 aromatic heterocycles. The zero-order chi connectivity index (χ0) is 20.0. The van der Waals surface area contributed by atoms with E-state index in [1.165, 1.54) is 0 Å². The fraction of sp³-hybridized carbons (Fsp3) is 0.286. The fourth-order valence-electron chi connectivity index (χ4n) is 3.25. The van der Waals surface area contributed by atoms with Crippen LogP contribution >= 0.6 is 0 Å². The third-order valence-electron chi connectivity index (χ3n) is 5.30. The van der Waals surface area contributed by atoms with Crippen molar-refractivity contribution in [2.45, 2.75) is 41.5 Å². The van der Waals surface area contributed by atoms with Gasteiger partial charge in [-0.25, -0.2) is 9.18 Å². The Hall–Kier alpha value is -3.02. The number of carbonyl (C=O) groups is 1. The van der Waals surface area contributed by atoms with Crippen molar-refractivity contribution in [3.05, 3.63) is 56.9 Å². The molecule has 5 nitrogen and oxygen atoms in total. The predicted molar refractivity (Wildman–Crippen MR) is 101 cm³/mol. The molecule has 6 heteroatoms. The number of rotatable bonds is 3. The SMILES string of the molecule is Cc1cc(-c2nc(-c3cc(C)c(C)c(C(=O)O)c3C)no2)c(F)c(C)c1C. The lowest BCUT2D eigenvalue weighted by Gasteiger charge is -2.12. The summed E-state index contributed by atoms with van der Waals surface area (Å²) in [6.45, 7) is 10.8. The second-order valence-corrected chi connectivity index (χ2v) is 6.90. The van der Waals surface area contributed by atoms with Crippen LogP contribution in [0.2, 0.25) is 0 Å². The minimum Gasteiger partial charge on any atom is -0.478 e. The molecule has 0 aliphatic carbocycles. The standard InChI is InChI=1S/C21H21FN2O3/c1-9-8-16(18(22)13(5)11(9)3)20-23-19(24-27-20)15-7-10(2)12(4)17(14(15)6)21(25)26/h7-8H,1-6H3,(H,25,26). The van der Waals surface area contributed by atoms with Gasteiger partial charge in [-0.3, -0.25) is 0 Å². The minimum atomic E-state index is -1.01. The van der Waals surface area contributed by atoms with Gasteiger partial charge < -0.3 is 9.63 Å². The summed E-state index contributed by atoms with van der Waals surface area (Å²) in [4.78, 5) is 16.0. The largest absolute Gasteiger partial charge is 0.478 e. The van der Waals surface area contributed by atoms with Crippen LogP contribution in [0.15, 0.2) is 16.7 Å². The highest BCUT2D eigenvalue weighted by atomic mass is 19.1. The van der Waals surface area contributed by atoms with Crippen molar-refractivity contribution in [1.29, 1.82) is 0 Å². The predicted octanol–water partition coefficient (Wildman–Crippen LogP) is 5.09. The molecule has 1 heterocycles. The van der Waals surface area contributed by atoms with Crippen LogP contribution in [0.25, 0.3) is 22.8 Å². The van der Waals surface area contributed by atoms with Crippen LogP contribution in [0.1, 0.15) is 43.7 Å². The Balaban J connectivity index is 2.18. The van der Waals surface area contributed by atoms with Crippen LogP contribution in [0.4, 0.5) is 4.39 Å². The van der Waals surface area contributed by atoms with Crippen molar-refractivity contribution in [2.24, 2.45) is 0 Å². The lowest BCUT2D eigenvalue weighted by molar-refractivity contribution is 0.0695. The second-order valence-electron chi connectivity index (χ2n) is 6.90. The van der Waals surface area contributed by atoms with Crippen molar-refractivity contribution in [1.82, 2.24) is 10.1 Å². The molecule has 0 unspecified atom stereocenters. The summed E-state index contributed by atoms with van der Waals surface area (Å²) in [6, 6.07) is 3.51. The summed E-state index contributed by atoms with van der Waals surface area (Å²) >= 11 is 0. The number of halogens is 1. The van der Waals surface area contributed by atoms with E-state index in [1.54, 1.807) is 26.8 Å². The number of nitrogens with zero attached hydrogens (tertiary/aromatic N) is 2. The van der Waals surface area contributed by atoms with E-state index in [-0.39, 0.29) is 22.8 Å². The molecule has 3 rings (SSSR count). The van der Waals surface area contributed by atoms with Crippen LogP contribution in [-0.4, -0.2) is 21.2 Å². The highest BCUT2D eigenvalue weighted by Gasteiger charge is 2.22. The Bertz CT molecular complexity index is 1080. The van der Waals surface area contributed by atoms with Gasteiger partial charge >= 0.3 is 5.97 Å². The first kappa shape index (κ1) is 18.8. The van der Waals surface area contributed by atoms with Crippen molar-refractivity contribution in [3.8, 4) is 22.8 Å². The molecule has 27 heavy (non-hydrogen) atoms. The molecular weight excluding hydrogens is 347 g/mol. The Labute approximate surface area is 156 Å². The number of aromatic nitrogens is 2. The molecule has 0 spiro atoms. The second kappa shape index (κ2) is 6.61. The van der Waals surface area contributed by atoms with E-state index in [4.69, 9.17) is 4.52 Å². The number of aromatic carboxylic acids is 1. The molecular formula is C21H21FN2O3. The Kier molecular flexibility index (Phi) is 4.59. The lowest BCUT2D eigenvalue weighted by Crippen LogP contribution is -2.06. The molecule has 0 radical (unpaired) electrons. The van der Waals surface area contributed by atoms with Gasteiger partial charge in [-0.05, 0) is 87.1 Å². The van der Waals surface area contributed by atoms with Crippen LogP contribution in [0.5, 0.6) is 0 Å². The van der Waals surface area contributed by atoms with E-state index in [0.717, 1.165) is 16.7 Å². The molecule has 0 fully saturated rings. The maximum Gasteiger partial charge on any atom is 0.336 e. The first-order valence-electron chi connectivity index (χ1n) is 8.58. The number of carboxylic acids is 1. The fourth-order valence-corrected chi connectivity index (χ4v) is 3.25. The average Bonchev–Trinajstić information content (AvgIpc) is 3.08. The molecule has 3 aromatic rings. The van der Waals surface area contributed by atoms with Crippen LogP contribution < -0.4 is 0 Å². The highest BCUT2D eigenvalue weighted by molar-refractivity contribution is 5.93. The van der Waals surface area contributed by atoms with E-state index in [2.05, 4.69) is 10.1 Å². The summed E-state index contributed by atoms with van der Waals surface area (Å²) in [7, 11) is 0. The molecule has 0 bridgehead atoms. The first-order chi connectivity index (χ1) is 12.6. The molecule has 0 aliphatic heterocycles. The summed E-state index contributed by atoms with van der Waals surface area (Å²) in [5, 5.41) is 13.5. The Morgan fingerprint density at radius 3 is 2.15 bits per heavy atom. The summed E-state index contributed by atoms with van der Waals surface area (Å²) in [6.07, 6.45) is 0. The van der Waals surface area contributed by atoms with E-state index in [9.17, 15) is 14.3 Å². The van der Waals surface area contributed by atoms with E-state index >= 15 is 0 Å². The Morgan fingerprint density at radius 1 is 0.926 bits per heavy atom. The Morgan fingerprint density at radius 2 is 1.52 bits per heavy atom. The van der Waals surface area contributed by atoms with Gasteiger partial charge in [0.25, 0.3) is 5.89 Å². The number of hydrogen-bond donors (Lipinski definition) is 1. The first-order valence-corrected chi connectivity index (χ1v) is 8.58. The number of hydrogen-bond acceptors (Lipinski definition) is 4. The summed E-state index contributed by atoms with van der Waals surface area (Å²) < 4.78 is 20.0. The molecule has 1 N–H and O–H groups in total. The number of benzene rings is 2. The topological polar surface area (TPSA) is 76.2 Å². The van der Waals surface area contributed by atoms with Crippen LogP contribution in [0, 0.1) is 47.4 Å². The lowest BCUT2D eigenvalue weighted by atomic mass is 9.93. The van der Waals surface area contributed by atoms with Gasteiger partial charge in [-0.15, -0.1) is 0 Å². The minimum absolute atomic E-state index is 0.0724. The van der Waals surface area contributed by atoms with Gasteiger partial charge in [0, 0.05) is 5.56 Å². The number of carboxylic acid groups (broad SMARTS) is 1. The smallest absolute Gasteiger partial charge is 0.336 e. The maximum absolute atomic E-state index is 14.7. The van der Waals surface area contributed by atoms with Crippen molar-refractivity contribution in [2.75, 3.05) is 0 Å². The summed E-state index contributed by atoms with van der Waals surface area (Å²) in [5.74, 6) is -1.09. The monoisotopic (exact) mass is 368 g/mol. The normalized spacial score (nSPS) is 11.1. The highest BCUT2D eigenvalue weighted by Crippen LogP contribution is 2.32. The third-order valence-corrected chi connectivity index (χ3v) is 5.30. The molecule has 0 atom stereocenters. The van der Waals surface area contributed by atoms with Crippen LogP contribution in [0.3, 0.4) is 0 Å². The van der Waals surface area contributed by atoms with E-state index < -0.39 is 11.8 Å². The van der Waals surface area contributed by atoms with Crippen molar-refractivity contribution >= 4 is 5.97 Å². The molecule has 140 valence electrons. The van der Waals surface area contributed by atoms with Gasteiger partial charge in [0.1, 0.15) is 5.82 Å². The molecule has 0 saturated heterocycles. The average molecular weight is 368 g/mol. The van der Waals surface area contributed by atoms with Gasteiger partial charge in [0.15, 0.2) is 0 Å². The molecule has 0 saturated carbocycles. The van der Waals surface area contributed by atoms with Gasteiger partial charge in [-0.2, -0.15) is 4.98 Å². The molecule has 2 aromatic carbocycles. The van der Waals surface area contributed by atoms with Gasteiger partial charge in [-0.1, -0.05) is 5.16 Å². The zero-order valence-electron chi connectivity index (χ0n) is 16.2. The van der Waals surface area contributed by atoms with Crippen molar-refractivity contribution in [3.63, 3.8) is 0 Å². The number of aryl methyl sites for hydroxylation is 2. The maximum atomic E-state index is 14.7. The van der Waals surface area contributed by atoms with Crippen molar-refractivity contribution < 1.29 is 18.8 Å². The quantitative estimate of drug-likeness (QED) is 0.697. The van der Waals surface area contributed by atoms with E-state index in [1.807, 2.05) is 26.8 Å². The summed E-state index contributed by atoms with van der Waals surface area (Å²) in [5.41, 5.74) is 5.45. The van der Waals surface area contributed by atoms with Gasteiger partial charge in [0.2, 0.25) is 5.82 Å². The van der Waals surface area contributed by atoms with Crippen LogP contribution in [-0.2, 0) is 0 Å². The third kappa shape index (κ3) is 3.01. The zero-order valence-corrected chi connectivity index (χ0v) is 16.2. The van der Waals surface area contributed by atoms with E-state index in [0.29, 0.717) is 22.3 Å². The molecule has 0 aliphatic rings. The van der Waals surface area contributed by atoms with Gasteiger partial charge in [0.05, 0.1) is 11.1 Å². The molecule has 0 amide bonds.